The van der Waals surface area contributed by atoms with Gasteiger partial charge in [-0.25, -0.2) is 0 Å². The molecule has 0 aliphatic rings. The number of carbonyl (C=O) groups excluding carboxylic acids is 1. The second-order valence-electron chi connectivity index (χ2n) is 2.86. The van der Waals surface area contributed by atoms with E-state index in [9.17, 15) is 9.18 Å². The van der Waals surface area contributed by atoms with Crippen LogP contribution in [0.25, 0.3) is 0 Å². The van der Waals surface area contributed by atoms with Crippen LogP contribution in [-0.4, -0.2) is 18.6 Å². The third kappa shape index (κ3) is 4.06. The van der Waals surface area contributed by atoms with Crippen molar-refractivity contribution in [1.82, 2.24) is 0 Å². The average Bonchev–Trinajstić information content (AvgIpc) is 2.20. The Morgan fingerprint density at radius 1 is 1.20 bits per heavy atom. The van der Waals surface area contributed by atoms with Gasteiger partial charge >= 0.3 is 87.9 Å². The van der Waals surface area contributed by atoms with Gasteiger partial charge in [0.25, 0.3) is 0 Å². The summed E-state index contributed by atoms with van der Waals surface area (Å²) in [5.41, 5.74) is 0.667. The largest absolute Gasteiger partial charge is 1.00 e. The minimum Gasteiger partial charge on any atom is -1.00 e. The summed E-state index contributed by atoms with van der Waals surface area (Å²) >= 11 is -1.15. The Balaban J connectivity index is 0.00000196. The maximum Gasteiger partial charge on any atom is -1.00 e. The first-order valence-electron chi connectivity index (χ1n) is 4.66. The van der Waals surface area contributed by atoms with E-state index in [0.29, 0.717) is 5.56 Å². The summed E-state index contributed by atoms with van der Waals surface area (Å²) in [7, 11) is 0. The molecular weight excluding hydrogens is 326 g/mol. The van der Waals surface area contributed by atoms with Gasteiger partial charge in [-0.1, -0.05) is 0 Å². The molecular formula is C11H14BrFOSe. The fraction of sp³-hybridized carbons (Fsp3) is 0.364. The molecule has 0 unspecified atom stereocenters. The summed E-state index contributed by atoms with van der Waals surface area (Å²) < 4.78 is 12.9. The molecule has 84 valence electrons. The van der Waals surface area contributed by atoms with Gasteiger partial charge in [0.05, 0.1) is 0 Å². The Kier molecular flexibility index (Phi) is 7.07. The number of carbonyl (C=O) groups is 1. The maximum atomic E-state index is 12.6. The van der Waals surface area contributed by atoms with Crippen molar-refractivity contribution in [1.29, 1.82) is 0 Å². The van der Waals surface area contributed by atoms with Crippen molar-refractivity contribution < 1.29 is 26.2 Å². The van der Waals surface area contributed by atoms with E-state index in [-0.39, 0.29) is 27.5 Å². The van der Waals surface area contributed by atoms with Crippen molar-refractivity contribution in [3.05, 3.63) is 35.6 Å². The third-order valence-corrected chi connectivity index (χ3v) is 6.56. The molecule has 1 aromatic rings. The first kappa shape index (κ1) is 14.8. The van der Waals surface area contributed by atoms with E-state index in [1.165, 1.54) is 12.1 Å². The van der Waals surface area contributed by atoms with Crippen molar-refractivity contribution in [3.8, 4) is 0 Å². The Morgan fingerprint density at radius 2 is 1.67 bits per heavy atom. The van der Waals surface area contributed by atoms with E-state index in [1.807, 2.05) is 0 Å². The van der Waals surface area contributed by atoms with Gasteiger partial charge in [0, 0.05) is 0 Å². The van der Waals surface area contributed by atoms with Crippen LogP contribution < -0.4 is 17.0 Å². The second kappa shape index (κ2) is 7.15. The van der Waals surface area contributed by atoms with Crippen LogP contribution in [0.2, 0.25) is 10.6 Å². The Hall–Kier alpha value is -0.181. The molecule has 0 saturated heterocycles. The summed E-state index contributed by atoms with van der Waals surface area (Å²) in [4.78, 5) is 11.9. The molecule has 1 rings (SSSR count). The average molecular weight is 340 g/mol. The van der Waals surface area contributed by atoms with Gasteiger partial charge in [0.1, 0.15) is 0 Å². The summed E-state index contributed by atoms with van der Waals surface area (Å²) in [6, 6.07) is 5.86. The van der Waals surface area contributed by atoms with Crippen LogP contribution in [0.4, 0.5) is 4.39 Å². The zero-order valence-electron chi connectivity index (χ0n) is 8.80. The molecule has 0 heterocycles. The summed E-state index contributed by atoms with van der Waals surface area (Å²) in [6.07, 6.45) is 0. The number of rotatable bonds is 4. The Bertz CT molecular complexity index is 309. The van der Waals surface area contributed by atoms with E-state index in [2.05, 4.69) is 13.8 Å². The van der Waals surface area contributed by atoms with Gasteiger partial charge in [-0.2, -0.15) is 0 Å². The zero-order chi connectivity index (χ0) is 10.6. The van der Waals surface area contributed by atoms with Crippen LogP contribution in [0.1, 0.15) is 24.2 Å². The molecule has 0 N–H and O–H groups in total. The maximum absolute atomic E-state index is 12.6. The molecule has 0 bridgehead atoms. The zero-order valence-corrected chi connectivity index (χ0v) is 12.1. The summed E-state index contributed by atoms with van der Waals surface area (Å²) in [5, 5.41) is 1.93. The number of hydrogen-bond acceptors (Lipinski definition) is 1. The number of benzene rings is 1. The minimum absolute atomic E-state index is 0. The molecule has 0 spiro atoms. The van der Waals surface area contributed by atoms with Crippen molar-refractivity contribution in [2.45, 2.75) is 24.5 Å². The standard InChI is InChI=1S/C11H14FOSe.BrH/c1-3-14(4-2)11(13)9-5-7-10(12)8-6-9;/h5-8H,3-4H2,1-2H3;1H/q+1;/p-1. The van der Waals surface area contributed by atoms with E-state index in [0.717, 1.165) is 10.6 Å². The van der Waals surface area contributed by atoms with Gasteiger partial charge in [0.15, 0.2) is 0 Å². The molecule has 0 amide bonds. The van der Waals surface area contributed by atoms with Crippen LogP contribution in [0, 0.1) is 5.82 Å². The molecule has 15 heavy (non-hydrogen) atoms. The van der Waals surface area contributed by atoms with Crippen LogP contribution in [-0.2, 0) is 0 Å². The molecule has 1 nitrogen and oxygen atoms in total. The molecule has 4 heteroatoms. The molecule has 0 saturated carbocycles. The number of hydrogen-bond donors (Lipinski definition) is 0. The summed E-state index contributed by atoms with van der Waals surface area (Å²) in [5.74, 6) is -0.286. The van der Waals surface area contributed by atoms with E-state index >= 15 is 0 Å². The normalized spacial score (nSPS) is 9.87. The van der Waals surface area contributed by atoms with E-state index in [4.69, 9.17) is 0 Å². The van der Waals surface area contributed by atoms with Gasteiger partial charge in [-0.3, -0.25) is 0 Å². The molecule has 0 atom stereocenters. The molecule has 0 radical (unpaired) electrons. The van der Waals surface area contributed by atoms with Crippen molar-refractivity contribution >= 4 is 18.6 Å². The minimum atomic E-state index is -1.15. The molecule has 0 fully saturated rings. The van der Waals surface area contributed by atoms with Gasteiger partial charge in [-0.15, -0.1) is 0 Å². The van der Waals surface area contributed by atoms with Crippen molar-refractivity contribution in [3.63, 3.8) is 0 Å². The molecule has 0 aliphatic heterocycles. The summed E-state index contributed by atoms with van der Waals surface area (Å²) in [6.45, 7) is 4.10. The van der Waals surface area contributed by atoms with Gasteiger partial charge in [-0.05, 0) is 0 Å². The Morgan fingerprint density at radius 3 is 2.07 bits per heavy atom. The van der Waals surface area contributed by atoms with Crippen molar-refractivity contribution in [2.75, 3.05) is 0 Å². The molecule has 0 aliphatic carbocycles. The molecule has 0 aromatic heterocycles. The quantitative estimate of drug-likeness (QED) is 0.710. The smallest absolute Gasteiger partial charge is 1.00 e. The van der Waals surface area contributed by atoms with E-state index in [1.54, 1.807) is 12.1 Å². The molecule has 1 aromatic carbocycles. The van der Waals surface area contributed by atoms with Crippen LogP contribution >= 0.6 is 0 Å². The number of halogens is 2. The van der Waals surface area contributed by atoms with Crippen LogP contribution in [0.15, 0.2) is 24.3 Å². The predicted octanol–water partition coefficient (Wildman–Crippen LogP) is 0.0862. The third-order valence-electron chi connectivity index (χ3n) is 2.04. The van der Waals surface area contributed by atoms with Crippen molar-refractivity contribution in [2.24, 2.45) is 0 Å². The Labute approximate surface area is 105 Å². The second-order valence-corrected chi connectivity index (χ2v) is 8.13. The topological polar surface area (TPSA) is 17.1 Å². The van der Waals surface area contributed by atoms with E-state index < -0.39 is 13.9 Å². The fourth-order valence-corrected chi connectivity index (χ4v) is 4.16. The monoisotopic (exact) mass is 340 g/mol. The van der Waals surface area contributed by atoms with Gasteiger partial charge < -0.3 is 17.0 Å². The van der Waals surface area contributed by atoms with Crippen LogP contribution in [0.5, 0.6) is 0 Å². The fourth-order valence-electron chi connectivity index (χ4n) is 1.22. The first-order chi connectivity index (χ1) is 6.69. The SMILES string of the molecule is CC[Se+](CC)C(=O)c1ccc(F)cc1.[Br-]. The first-order valence-corrected chi connectivity index (χ1v) is 7.94. The van der Waals surface area contributed by atoms with Crippen LogP contribution in [0.3, 0.4) is 0 Å². The predicted molar refractivity (Wildman–Crippen MR) is 57.4 cm³/mol. The van der Waals surface area contributed by atoms with Gasteiger partial charge in [0.2, 0.25) is 0 Å².